The molecule has 6 aromatic rings. The molecule has 0 amide bonds. The first-order valence-electron chi connectivity index (χ1n) is 20.4. The highest BCUT2D eigenvalue weighted by molar-refractivity contribution is 6.19. The minimum Gasteiger partial charge on any atom is -0.497 e. The lowest BCUT2D eigenvalue weighted by atomic mass is 9.70. The van der Waals surface area contributed by atoms with E-state index in [0.29, 0.717) is 19.4 Å². The number of allylic oxidation sites excluding steroid dienone is 4. The summed E-state index contributed by atoms with van der Waals surface area (Å²) >= 11 is 0. The fraction of sp³-hybridized carbons (Fsp3) is 0.250. The molecule has 0 aliphatic carbocycles. The first-order valence-corrected chi connectivity index (χ1v) is 20.4. The van der Waals surface area contributed by atoms with Gasteiger partial charge in [-0.15, -0.1) is 0 Å². The summed E-state index contributed by atoms with van der Waals surface area (Å²) in [5, 5.41) is 24.6. The number of anilines is 1. The van der Waals surface area contributed by atoms with Crippen LogP contribution in [0.5, 0.6) is 5.75 Å². The van der Waals surface area contributed by atoms with Gasteiger partial charge in [0.05, 0.1) is 24.3 Å². The fourth-order valence-corrected chi connectivity index (χ4v) is 9.73. The second kappa shape index (κ2) is 15.7. The maximum absolute atomic E-state index is 12.3. The molecule has 0 fully saturated rings. The minimum absolute atomic E-state index is 0.0225. The number of benzene rings is 6. The van der Waals surface area contributed by atoms with Gasteiger partial charge in [-0.2, -0.15) is 4.58 Å². The number of carboxylic acid groups (broad SMARTS) is 2. The second-order valence-electron chi connectivity index (χ2n) is 16.6. The van der Waals surface area contributed by atoms with Gasteiger partial charge in [-0.3, -0.25) is 9.59 Å². The molecule has 6 aromatic carbocycles. The molecule has 0 bridgehead atoms. The summed E-state index contributed by atoms with van der Waals surface area (Å²) in [6.07, 6.45) is 7.71. The number of carboxylic acids is 2. The summed E-state index contributed by atoms with van der Waals surface area (Å²) in [6.45, 7) is 9.27. The zero-order valence-electron chi connectivity index (χ0n) is 34.5. The van der Waals surface area contributed by atoms with Gasteiger partial charge in [-0.1, -0.05) is 108 Å². The molecule has 0 saturated heterocycles. The molecule has 0 aromatic heterocycles. The van der Waals surface area contributed by atoms with Crippen molar-refractivity contribution in [3.05, 3.63) is 173 Å². The van der Waals surface area contributed by atoms with Gasteiger partial charge in [-0.05, 0) is 104 Å². The summed E-state index contributed by atoms with van der Waals surface area (Å²) in [4.78, 5) is 26.6. The number of aliphatic carboxylic acids is 2. The molecule has 2 aliphatic heterocycles. The van der Waals surface area contributed by atoms with E-state index in [9.17, 15) is 19.8 Å². The third-order valence-electron chi connectivity index (χ3n) is 12.3. The van der Waals surface area contributed by atoms with Gasteiger partial charge in [0.15, 0.2) is 12.3 Å². The molecule has 1 atom stereocenters. The van der Waals surface area contributed by atoms with E-state index >= 15 is 0 Å². The lowest BCUT2D eigenvalue weighted by Gasteiger charge is -2.35. The van der Waals surface area contributed by atoms with Crippen LogP contribution in [0.25, 0.3) is 21.5 Å². The number of aryl methyl sites for hydroxylation is 2. The number of hydrogen-bond acceptors (Lipinski definition) is 4. The van der Waals surface area contributed by atoms with Crippen LogP contribution in [0.3, 0.4) is 0 Å². The third kappa shape index (κ3) is 7.20. The van der Waals surface area contributed by atoms with Crippen molar-refractivity contribution < 1.29 is 29.1 Å². The zero-order valence-corrected chi connectivity index (χ0v) is 34.5. The summed E-state index contributed by atoms with van der Waals surface area (Å²) in [5.74, 6) is -0.970. The third-order valence-corrected chi connectivity index (χ3v) is 12.3. The van der Waals surface area contributed by atoms with Gasteiger partial charge in [0.25, 0.3) is 0 Å². The molecule has 0 spiro atoms. The van der Waals surface area contributed by atoms with Crippen molar-refractivity contribution in [1.82, 2.24) is 0 Å². The first kappa shape index (κ1) is 39.4. The summed E-state index contributed by atoms with van der Waals surface area (Å²) in [6, 6.07) is 40.4. The summed E-state index contributed by atoms with van der Waals surface area (Å²) < 4.78 is 8.07. The number of ether oxygens (including phenoxy) is 1. The highest BCUT2D eigenvalue weighted by atomic mass is 16.5. The number of carbonyl (C=O) groups is 2. The smallest absolute Gasteiger partial charge is 0.309 e. The average Bonchev–Trinajstić information content (AvgIpc) is 3.60. The van der Waals surface area contributed by atoms with Gasteiger partial charge in [0.1, 0.15) is 12.2 Å². The van der Waals surface area contributed by atoms with Crippen LogP contribution in [0.15, 0.2) is 139 Å². The van der Waals surface area contributed by atoms with Gasteiger partial charge >= 0.3 is 11.9 Å². The molecular weight excluding hydrogens is 733 g/mol. The molecule has 7 nitrogen and oxygen atoms in total. The molecule has 8 rings (SSSR count). The standard InChI is InChI=1S/C52H50N2O5/c1-34-20-22-36(23-21-34)32-52(33-37-13-10-12-35(2)30-37)43-31-38(59-5)24-25-44(43)53(28-26-47(55)56)46(52)19-11-18-45-51(3,4)49-41-16-8-6-14-39(41)40-15-7-9-17-42(40)50(49)54(45)29-27-48(57)58/h6-25,30-31H,26-29,32-33H2,1-5H3,(H-,55,56,57,58)/p+1. The summed E-state index contributed by atoms with van der Waals surface area (Å²) in [7, 11) is 1.68. The van der Waals surface area contributed by atoms with Crippen LogP contribution in [0, 0.1) is 13.8 Å². The number of nitrogens with zero attached hydrogens (tertiary/aromatic N) is 2. The number of hydrogen-bond donors (Lipinski definition) is 2. The zero-order chi connectivity index (χ0) is 41.5. The highest BCUT2D eigenvalue weighted by Gasteiger charge is 2.49. The van der Waals surface area contributed by atoms with E-state index in [1.807, 2.05) is 6.07 Å². The maximum atomic E-state index is 12.3. The van der Waals surface area contributed by atoms with E-state index in [1.54, 1.807) is 7.11 Å². The Morgan fingerprint density at radius 2 is 1.39 bits per heavy atom. The Balaban J connectivity index is 1.37. The number of fused-ring (bicyclic) bond motifs is 7. The Bertz CT molecular complexity index is 2720. The van der Waals surface area contributed by atoms with Crippen molar-refractivity contribution in [2.75, 3.05) is 25.1 Å². The monoisotopic (exact) mass is 783 g/mol. The molecule has 2 heterocycles. The Morgan fingerprint density at radius 3 is 2.07 bits per heavy atom. The SMILES string of the molecule is COc1ccc2c(c1)C(Cc1ccc(C)cc1)(Cc1cccc(C)c1)/C(=C\C=C\C1=[N+](CCC(=O)O)c3c(c4ccccc4c4ccccc34)C1(C)C)N2CCC(=O)O. The molecule has 298 valence electrons. The van der Waals surface area contributed by atoms with E-state index in [0.717, 1.165) is 50.3 Å². The van der Waals surface area contributed by atoms with Gasteiger partial charge < -0.3 is 19.8 Å². The van der Waals surface area contributed by atoms with Crippen LogP contribution in [0.2, 0.25) is 0 Å². The Labute approximate surface area is 346 Å². The molecular formula is C52H51N2O5+. The Morgan fingerprint density at radius 1 is 0.729 bits per heavy atom. The van der Waals surface area contributed by atoms with Crippen LogP contribution >= 0.6 is 0 Å². The van der Waals surface area contributed by atoms with Crippen molar-refractivity contribution in [1.29, 1.82) is 0 Å². The minimum atomic E-state index is -0.862. The number of methoxy groups -OCH3 is 1. The van der Waals surface area contributed by atoms with Crippen LogP contribution in [-0.2, 0) is 33.3 Å². The summed E-state index contributed by atoms with van der Waals surface area (Å²) in [5.41, 5.74) is 9.91. The van der Waals surface area contributed by atoms with E-state index in [1.165, 1.54) is 33.2 Å². The Kier molecular flexibility index (Phi) is 10.5. The Hall–Kier alpha value is -6.47. The normalized spacial score (nSPS) is 17.6. The predicted octanol–water partition coefficient (Wildman–Crippen LogP) is 10.6. The highest BCUT2D eigenvalue weighted by Crippen LogP contribution is 2.53. The van der Waals surface area contributed by atoms with E-state index in [-0.39, 0.29) is 19.4 Å². The maximum Gasteiger partial charge on any atom is 0.309 e. The van der Waals surface area contributed by atoms with Crippen molar-refractivity contribution in [2.45, 2.75) is 64.2 Å². The van der Waals surface area contributed by atoms with Gasteiger partial charge in [-0.25, -0.2) is 0 Å². The molecule has 1 unspecified atom stereocenters. The quantitative estimate of drug-likeness (QED) is 0.0896. The van der Waals surface area contributed by atoms with Crippen molar-refractivity contribution in [3.63, 3.8) is 0 Å². The first-order chi connectivity index (χ1) is 28.4. The molecule has 0 saturated carbocycles. The molecule has 7 heteroatoms. The van der Waals surface area contributed by atoms with Gasteiger partial charge in [0, 0.05) is 35.0 Å². The van der Waals surface area contributed by atoms with Crippen LogP contribution in [-0.4, -0.2) is 52.6 Å². The molecule has 2 N–H and O–H groups in total. The average molecular weight is 784 g/mol. The van der Waals surface area contributed by atoms with Crippen molar-refractivity contribution in [3.8, 4) is 5.75 Å². The van der Waals surface area contributed by atoms with E-state index in [2.05, 4.69) is 165 Å². The lowest BCUT2D eigenvalue weighted by Crippen LogP contribution is -2.36. The van der Waals surface area contributed by atoms with E-state index in [4.69, 9.17) is 4.74 Å². The van der Waals surface area contributed by atoms with Crippen molar-refractivity contribution >= 4 is 50.6 Å². The van der Waals surface area contributed by atoms with Crippen LogP contribution < -0.4 is 9.64 Å². The van der Waals surface area contributed by atoms with Crippen molar-refractivity contribution in [2.24, 2.45) is 0 Å². The second-order valence-corrected chi connectivity index (χ2v) is 16.6. The van der Waals surface area contributed by atoms with Gasteiger partial charge in [0.2, 0.25) is 5.69 Å². The molecule has 59 heavy (non-hydrogen) atoms. The van der Waals surface area contributed by atoms with E-state index < -0.39 is 22.8 Å². The largest absolute Gasteiger partial charge is 0.497 e. The van der Waals surface area contributed by atoms with Crippen LogP contribution in [0.1, 0.15) is 60.1 Å². The topological polar surface area (TPSA) is 90.1 Å². The molecule has 2 aliphatic rings. The molecule has 0 radical (unpaired) electrons. The predicted molar refractivity (Wildman–Crippen MR) is 238 cm³/mol. The van der Waals surface area contributed by atoms with Crippen LogP contribution in [0.4, 0.5) is 11.4 Å². The number of rotatable bonds is 13. The fourth-order valence-electron chi connectivity index (χ4n) is 9.73. The lowest BCUT2D eigenvalue weighted by molar-refractivity contribution is -0.435.